The summed E-state index contributed by atoms with van der Waals surface area (Å²) in [5.41, 5.74) is 8.42. The Labute approximate surface area is 137 Å². The van der Waals surface area contributed by atoms with E-state index in [2.05, 4.69) is 25.1 Å². The first-order chi connectivity index (χ1) is 11.3. The third-order valence-electron chi connectivity index (χ3n) is 4.01. The highest BCUT2D eigenvalue weighted by Crippen LogP contribution is 2.35. The summed E-state index contributed by atoms with van der Waals surface area (Å²) >= 11 is 0. The topological polar surface area (TPSA) is 53.7 Å². The first-order valence-electron chi connectivity index (χ1n) is 8.11. The minimum absolute atomic E-state index is 0.242. The number of hydrogen-bond donors (Lipinski definition) is 1. The van der Waals surface area contributed by atoms with Crippen LogP contribution in [0.25, 0.3) is 0 Å². The van der Waals surface area contributed by atoms with E-state index >= 15 is 0 Å². The number of benzene rings is 2. The third kappa shape index (κ3) is 3.77. The Morgan fingerprint density at radius 3 is 2.83 bits per heavy atom. The van der Waals surface area contributed by atoms with Crippen molar-refractivity contribution < 1.29 is 14.2 Å². The van der Waals surface area contributed by atoms with Crippen molar-refractivity contribution in [3.63, 3.8) is 0 Å². The zero-order valence-electron chi connectivity index (χ0n) is 13.5. The number of hydrogen-bond acceptors (Lipinski definition) is 4. The maximum absolute atomic E-state index is 6.01. The first kappa shape index (κ1) is 15.7. The zero-order chi connectivity index (χ0) is 16.1. The molecule has 2 aromatic carbocycles. The first-order valence-corrected chi connectivity index (χ1v) is 8.11. The van der Waals surface area contributed by atoms with Crippen molar-refractivity contribution in [1.82, 2.24) is 0 Å². The van der Waals surface area contributed by atoms with Gasteiger partial charge in [-0.2, -0.15) is 0 Å². The van der Waals surface area contributed by atoms with Crippen LogP contribution in [0, 0.1) is 0 Å². The zero-order valence-corrected chi connectivity index (χ0v) is 13.5. The van der Waals surface area contributed by atoms with Crippen LogP contribution in [0.4, 0.5) is 0 Å². The van der Waals surface area contributed by atoms with Gasteiger partial charge in [0.2, 0.25) is 6.79 Å². The summed E-state index contributed by atoms with van der Waals surface area (Å²) in [5, 5.41) is 0. The van der Waals surface area contributed by atoms with Gasteiger partial charge in [0.25, 0.3) is 0 Å². The van der Waals surface area contributed by atoms with E-state index in [0.717, 1.165) is 36.7 Å². The molecule has 4 heteroatoms. The predicted molar refractivity (Wildman–Crippen MR) is 90.3 cm³/mol. The smallest absolute Gasteiger partial charge is 0.231 e. The summed E-state index contributed by atoms with van der Waals surface area (Å²) in [6.45, 7) is 3.72. The van der Waals surface area contributed by atoms with Gasteiger partial charge in [0.1, 0.15) is 5.75 Å². The summed E-state index contributed by atoms with van der Waals surface area (Å²) in [5.74, 6) is 2.78. The van der Waals surface area contributed by atoms with Crippen molar-refractivity contribution in [2.75, 3.05) is 19.9 Å². The second-order valence-electron chi connectivity index (χ2n) is 5.75. The fourth-order valence-corrected chi connectivity index (χ4v) is 2.77. The van der Waals surface area contributed by atoms with Crippen molar-refractivity contribution in [3.8, 4) is 17.2 Å². The summed E-state index contributed by atoms with van der Waals surface area (Å²) in [6, 6.07) is 14.3. The van der Waals surface area contributed by atoms with Crippen LogP contribution < -0.4 is 19.9 Å². The van der Waals surface area contributed by atoms with Gasteiger partial charge in [0.15, 0.2) is 11.5 Å². The van der Waals surface area contributed by atoms with Crippen LogP contribution in [-0.4, -0.2) is 19.9 Å². The Bertz CT molecular complexity index is 657. The summed E-state index contributed by atoms with van der Waals surface area (Å²) < 4.78 is 16.5. The molecular formula is C19H23NO3. The number of fused-ring (bicyclic) bond motifs is 1. The molecule has 23 heavy (non-hydrogen) atoms. The molecule has 0 spiro atoms. The normalized spacial score (nSPS) is 13.8. The highest BCUT2D eigenvalue weighted by atomic mass is 16.7. The molecule has 1 aliphatic heterocycles. The van der Waals surface area contributed by atoms with Gasteiger partial charge < -0.3 is 19.9 Å². The lowest BCUT2D eigenvalue weighted by Crippen LogP contribution is -2.15. The molecule has 0 fully saturated rings. The molecule has 122 valence electrons. The van der Waals surface area contributed by atoms with Gasteiger partial charge in [-0.15, -0.1) is 0 Å². The highest BCUT2D eigenvalue weighted by Gasteiger charge is 2.17. The second kappa shape index (κ2) is 7.38. The third-order valence-corrected chi connectivity index (χ3v) is 4.01. The maximum Gasteiger partial charge on any atom is 0.231 e. The lowest BCUT2D eigenvalue weighted by molar-refractivity contribution is 0.174. The molecule has 0 radical (unpaired) electrons. The molecular weight excluding hydrogens is 290 g/mol. The average molecular weight is 313 g/mol. The fourth-order valence-electron chi connectivity index (χ4n) is 2.77. The van der Waals surface area contributed by atoms with Crippen molar-refractivity contribution in [2.45, 2.75) is 25.7 Å². The molecule has 2 aromatic rings. The summed E-state index contributed by atoms with van der Waals surface area (Å²) in [6.07, 6.45) is 1.88. The van der Waals surface area contributed by atoms with Crippen molar-refractivity contribution in [1.29, 1.82) is 0 Å². The molecule has 1 unspecified atom stereocenters. The van der Waals surface area contributed by atoms with Gasteiger partial charge in [0.05, 0.1) is 6.61 Å². The lowest BCUT2D eigenvalue weighted by Gasteiger charge is -2.16. The van der Waals surface area contributed by atoms with E-state index in [1.54, 1.807) is 0 Å². The Hall–Kier alpha value is -2.20. The van der Waals surface area contributed by atoms with Gasteiger partial charge in [0, 0.05) is 5.92 Å². The van der Waals surface area contributed by atoms with Crippen LogP contribution in [0.15, 0.2) is 42.5 Å². The van der Waals surface area contributed by atoms with E-state index in [-0.39, 0.29) is 5.92 Å². The van der Waals surface area contributed by atoms with E-state index in [1.165, 1.54) is 11.1 Å². The van der Waals surface area contributed by atoms with Crippen LogP contribution in [0.5, 0.6) is 17.2 Å². The molecule has 0 aromatic heterocycles. The van der Waals surface area contributed by atoms with Crippen LogP contribution in [0.3, 0.4) is 0 Å². The molecule has 0 amide bonds. The second-order valence-corrected chi connectivity index (χ2v) is 5.75. The van der Waals surface area contributed by atoms with Gasteiger partial charge in [-0.3, -0.25) is 0 Å². The molecule has 3 rings (SSSR count). The Morgan fingerprint density at radius 1 is 1.13 bits per heavy atom. The minimum Gasteiger partial charge on any atom is -0.494 e. The number of rotatable bonds is 7. The predicted octanol–water partition coefficient (Wildman–Crippen LogP) is 3.49. The average Bonchev–Trinajstić information content (AvgIpc) is 3.06. The number of nitrogens with two attached hydrogens (primary N) is 1. The van der Waals surface area contributed by atoms with Crippen LogP contribution in [0.1, 0.15) is 30.4 Å². The van der Waals surface area contributed by atoms with E-state index < -0.39 is 0 Å². The maximum atomic E-state index is 6.01. The van der Waals surface area contributed by atoms with Gasteiger partial charge >= 0.3 is 0 Å². The van der Waals surface area contributed by atoms with Gasteiger partial charge in [-0.1, -0.05) is 25.1 Å². The molecule has 2 N–H and O–H groups in total. The Kier molecular flexibility index (Phi) is 5.03. The molecule has 0 saturated heterocycles. The highest BCUT2D eigenvalue weighted by molar-refractivity contribution is 5.46. The monoisotopic (exact) mass is 313 g/mol. The van der Waals surface area contributed by atoms with Crippen molar-refractivity contribution in [2.24, 2.45) is 5.73 Å². The van der Waals surface area contributed by atoms with E-state index in [0.29, 0.717) is 13.3 Å². The number of ether oxygens (including phenoxy) is 3. The van der Waals surface area contributed by atoms with E-state index in [9.17, 15) is 0 Å². The largest absolute Gasteiger partial charge is 0.494 e. The molecule has 0 saturated carbocycles. The lowest BCUT2D eigenvalue weighted by atomic mass is 9.91. The summed E-state index contributed by atoms with van der Waals surface area (Å²) in [4.78, 5) is 0. The molecule has 1 heterocycles. The van der Waals surface area contributed by atoms with E-state index in [4.69, 9.17) is 19.9 Å². The van der Waals surface area contributed by atoms with Gasteiger partial charge in [-0.05, 0) is 54.8 Å². The SMILES string of the molecule is CCCOc1cccc(CC(CN)c2ccc3c(c2)OCO3)c1. The van der Waals surface area contributed by atoms with Crippen LogP contribution in [0.2, 0.25) is 0 Å². The molecule has 1 aliphatic rings. The Balaban J connectivity index is 1.74. The van der Waals surface area contributed by atoms with Gasteiger partial charge in [-0.25, -0.2) is 0 Å². The molecule has 4 nitrogen and oxygen atoms in total. The molecule has 0 aliphatic carbocycles. The fraction of sp³-hybridized carbons (Fsp3) is 0.368. The summed E-state index contributed by atoms with van der Waals surface area (Å²) in [7, 11) is 0. The van der Waals surface area contributed by atoms with Crippen LogP contribution >= 0.6 is 0 Å². The molecule has 0 bridgehead atoms. The Morgan fingerprint density at radius 2 is 2.00 bits per heavy atom. The van der Waals surface area contributed by atoms with Crippen molar-refractivity contribution in [3.05, 3.63) is 53.6 Å². The quantitative estimate of drug-likeness (QED) is 0.850. The van der Waals surface area contributed by atoms with E-state index in [1.807, 2.05) is 24.3 Å². The standard InChI is InChI=1S/C19H23NO3/c1-2-8-21-17-5-3-4-14(10-17)9-16(12-20)15-6-7-18-19(11-15)23-13-22-18/h3-7,10-11,16H,2,8-9,12-13,20H2,1H3. The van der Waals surface area contributed by atoms with Crippen LogP contribution in [-0.2, 0) is 6.42 Å². The minimum atomic E-state index is 0.242. The molecule has 1 atom stereocenters. The van der Waals surface area contributed by atoms with Crippen molar-refractivity contribution >= 4 is 0 Å².